The first-order valence-corrected chi connectivity index (χ1v) is 46.7. The van der Waals surface area contributed by atoms with Crippen molar-refractivity contribution in [3.8, 4) is 55.9 Å². The van der Waals surface area contributed by atoms with Gasteiger partial charge < -0.3 is 9.80 Å². The standard InChI is InChI=1S/2C65H41N3/c1-2-18-42(19-3-1)63-54-30-12-14-32-56(54)64(57-33-15-13-31-55(57)63)45-35-36-60-59(38-45)58-34-17-37-66-65(58)68(60)47-23-16-22-46(41-47)67(61-39-43-20-4-6-24-48(43)50-26-8-10-28-52(50)61)62-40-44-21-5-7-25-49(44)51-27-9-11-29-53(51)62;1-2-17-42(18-3-1)63-54-27-12-14-29-56(54)64(57-30-15-13-28-55(57)63)45-32-37-60-59(39-45)58-31-16-38-66-65(58)68(60)47-35-33-46(34-36-47)67(61-40-43-19-4-6-21-48(43)50-23-8-10-25-52(50)61)62-41-44-20-5-7-22-49(44)51-24-9-11-26-53(51)62/h2*1-41H. The van der Waals surface area contributed by atoms with Gasteiger partial charge in [0.25, 0.3) is 0 Å². The van der Waals surface area contributed by atoms with E-state index < -0.39 is 0 Å². The summed E-state index contributed by atoms with van der Waals surface area (Å²) in [7, 11) is 0. The maximum absolute atomic E-state index is 5.13. The Hall–Kier alpha value is -18.1. The van der Waals surface area contributed by atoms with E-state index in [-0.39, 0.29) is 0 Å². The first-order chi connectivity index (χ1) is 67.5. The highest BCUT2D eigenvalue weighted by atomic mass is 15.2. The number of nitrogens with zero attached hydrogens (tertiary/aromatic N) is 6. The zero-order valence-corrected chi connectivity index (χ0v) is 74.0. The molecule has 6 heteroatoms. The Morgan fingerprint density at radius 1 is 0.154 bits per heavy atom. The van der Waals surface area contributed by atoms with Crippen molar-refractivity contribution < 1.29 is 0 Å². The molecule has 0 N–H and O–H groups in total. The van der Waals surface area contributed by atoms with Gasteiger partial charge in [-0.25, -0.2) is 9.97 Å². The molecule has 24 aromatic carbocycles. The summed E-state index contributed by atoms with van der Waals surface area (Å²) in [4.78, 5) is 15.2. The zero-order valence-electron chi connectivity index (χ0n) is 74.0. The van der Waals surface area contributed by atoms with Crippen LogP contribution in [0.15, 0.2) is 498 Å². The van der Waals surface area contributed by atoms with Gasteiger partial charge in [-0.3, -0.25) is 9.13 Å². The second-order valence-corrected chi connectivity index (χ2v) is 35.7. The van der Waals surface area contributed by atoms with Crippen molar-refractivity contribution in [3.63, 3.8) is 0 Å². The number of fused-ring (bicyclic) bond motifs is 22. The molecule has 6 nitrogen and oxygen atoms in total. The molecule has 0 saturated heterocycles. The van der Waals surface area contributed by atoms with Crippen molar-refractivity contribution in [2.45, 2.75) is 0 Å². The maximum atomic E-state index is 5.13. The molecule has 0 spiro atoms. The molecule has 0 amide bonds. The third-order valence-corrected chi connectivity index (χ3v) is 28.3. The molecule has 0 unspecified atom stereocenters. The minimum absolute atomic E-state index is 0.921. The molecule has 28 aromatic rings. The minimum Gasteiger partial charge on any atom is -0.309 e. The zero-order chi connectivity index (χ0) is 89.4. The van der Waals surface area contributed by atoms with Gasteiger partial charge in [-0.05, 0) is 267 Å². The molecule has 632 valence electrons. The number of aromatic nitrogens is 4. The van der Waals surface area contributed by atoms with Crippen LogP contribution in [0.1, 0.15) is 0 Å². The van der Waals surface area contributed by atoms with Crippen molar-refractivity contribution in [1.82, 2.24) is 19.1 Å². The van der Waals surface area contributed by atoms with E-state index in [1.165, 1.54) is 179 Å². The fraction of sp³-hybridized carbons (Fsp3) is 0. The lowest BCUT2D eigenvalue weighted by Crippen LogP contribution is -2.12. The van der Waals surface area contributed by atoms with E-state index in [0.29, 0.717) is 0 Å². The summed E-state index contributed by atoms with van der Waals surface area (Å²) >= 11 is 0. The first kappa shape index (κ1) is 77.8. The van der Waals surface area contributed by atoms with E-state index in [9.17, 15) is 0 Å². The largest absolute Gasteiger partial charge is 0.309 e. The molecule has 0 aliphatic rings. The average Bonchev–Trinajstić information content (AvgIpc) is 1.37. The van der Waals surface area contributed by atoms with E-state index in [1.807, 2.05) is 12.4 Å². The molecule has 0 radical (unpaired) electrons. The molecule has 0 aliphatic carbocycles. The van der Waals surface area contributed by atoms with Crippen molar-refractivity contribution in [3.05, 3.63) is 498 Å². The van der Waals surface area contributed by atoms with Gasteiger partial charge in [0.2, 0.25) is 0 Å². The van der Waals surface area contributed by atoms with Crippen LogP contribution in [0.4, 0.5) is 34.1 Å². The second kappa shape index (κ2) is 31.9. The Bertz CT molecular complexity index is 9430. The summed E-state index contributed by atoms with van der Waals surface area (Å²) < 4.78 is 4.68. The maximum Gasteiger partial charge on any atom is 0.145 e. The van der Waals surface area contributed by atoms with Crippen molar-refractivity contribution in [1.29, 1.82) is 0 Å². The van der Waals surface area contributed by atoms with Crippen LogP contribution >= 0.6 is 0 Å². The molecule has 136 heavy (non-hydrogen) atoms. The molecule has 0 atom stereocenters. The number of hydrogen-bond donors (Lipinski definition) is 0. The minimum atomic E-state index is 0.921. The van der Waals surface area contributed by atoms with E-state index >= 15 is 0 Å². The fourth-order valence-corrected chi connectivity index (χ4v) is 22.5. The fourth-order valence-electron chi connectivity index (χ4n) is 22.5. The lowest BCUT2D eigenvalue weighted by molar-refractivity contribution is 1.13. The Morgan fingerprint density at radius 2 is 0.426 bits per heavy atom. The molecule has 4 heterocycles. The predicted octanol–water partition coefficient (Wildman–Crippen LogP) is 35.8. The Morgan fingerprint density at radius 3 is 0.765 bits per heavy atom. The summed E-state index contributed by atoms with van der Waals surface area (Å²) in [6.45, 7) is 0. The summed E-state index contributed by atoms with van der Waals surface area (Å²) in [5.74, 6) is 0. The molecule has 0 bridgehead atoms. The molecule has 4 aromatic heterocycles. The highest BCUT2D eigenvalue weighted by molar-refractivity contribution is 6.27. The number of benzene rings is 24. The van der Waals surface area contributed by atoms with Gasteiger partial charge in [-0.2, -0.15) is 0 Å². The molecule has 0 aliphatic heterocycles. The summed E-state index contributed by atoms with van der Waals surface area (Å²) in [6.07, 6.45) is 3.83. The predicted molar refractivity (Wildman–Crippen MR) is 578 cm³/mol. The Labute approximate surface area is 784 Å². The van der Waals surface area contributed by atoms with Crippen LogP contribution in [0.3, 0.4) is 0 Å². The number of anilines is 6. The summed E-state index contributed by atoms with van der Waals surface area (Å²) in [5.41, 5.74) is 22.6. The van der Waals surface area contributed by atoms with Gasteiger partial charge in [-0.15, -0.1) is 0 Å². The van der Waals surface area contributed by atoms with Gasteiger partial charge in [0.15, 0.2) is 0 Å². The number of pyridine rings is 2. The second-order valence-electron chi connectivity index (χ2n) is 35.7. The highest BCUT2D eigenvalue weighted by Crippen LogP contribution is 2.53. The van der Waals surface area contributed by atoms with E-state index in [1.54, 1.807) is 0 Å². The Kier molecular flexibility index (Phi) is 18.2. The van der Waals surface area contributed by atoms with Crippen LogP contribution in [-0.4, -0.2) is 19.1 Å². The molecule has 0 fully saturated rings. The molecular formula is C130H82N6. The summed E-state index contributed by atoms with van der Waals surface area (Å²) in [5, 5.41) is 34.0. The van der Waals surface area contributed by atoms with Crippen LogP contribution in [0.5, 0.6) is 0 Å². The van der Waals surface area contributed by atoms with Gasteiger partial charge in [0.05, 0.1) is 33.8 Å². The van der Waals surface area contributed by atoms with Crippen LogP contribution in [-0.2, 0) is 0 Å². The third-order valence-electron chi connectivity index (χ3n) is 28.3. The summed E-state index contributed by atoms with van der Waals surface area (Å²) in [6, 6.07) is 178. The van der Waals surface area contributed by atoms with Crippen molar-refractivity contribution >= 4 is 207 Å². The van der Waals surface area contributed by atoms with Gasteiger partial charge >= 0.3 is 0 Å². The third kappa shape index (κ3) is 12.5. The van der Waals surface area contributed by atoms with Crippen LogP contribution in [0, 0.1) is 0 Å². The monoisotopic (exact) mass is 1730 g/mol. The van der Waals surface area contributed by atoms with E-state index in [0.717, 1.165) is 84.0 Å². The first-order valence-electron chi connectivity index (χ1n) is 46.7. The van der Waals surface area contributed by atoms with Crippen LogP contribution in [0.2, 0.25) is 0 Å². The topological polar surface area (TPSA) is 42.1 Å². The SMILES string of the molecule is c1ccc(-c2c3ccccc3c(-c3ccc4c(c3)c3cccnc3n4-c3ccc(N(c4cc5ccccc5c5ccccc45)c4cc5ccccc5c5ccccc45)cc3)c3ccccc23)cc1.c1ccc(-c2c3ccccc3c(-c3ccc4c(c3)c3cccnc3n4-c3cccc(N(c4cc5ccccc5c5ccccc45)c4cc5ccccc5c5ccccc45)c3)c3ccccc23)cc1. The molecule has 28 rings (SSSR count). The van der Waals surface area contributed by atoms with Gasteiger partial charge in [0.1, 0.15) is 11.3 Å². The lowest BCUT2D eigenvalue weighted by Gasteiger charge is -2.29. The normalized spacial score (nSPS) is 11.8. The quantitative estimate of drug-likeness (QED) is 0.0903. The van der Waals surface area contributed by atoms with Crippen LogP contribution in [0.25, 0.3) is 229 Å². The number of rotatable bonds is 12. The Balaban J connectivity index is 0.000000138. The van der Waals surface area contributed by atoms with Crippen molar-refractivity contribution in [2.75, 3.05) is 9.80 Å². The van der Waals surface area contributed by atoms with Crippen molar-refractivity contribution in [2.24, 2.45) is 0 Å². The van der Waals surface area contributed by atoms with E-state index in [4.69, 9.17) is 9.97 Å². The highest BCUT2D eigenvalue weighted by Gasteiger charge is 2.28. The average molecular weight is 1730 g/mol. The van der Waals surface area contributed by atoms with Crippen LogP contribution < -0.4 is 9.80 Å². The molecular weight excluding hydrogens is 1650 g/mol. The van der Waals surface area contributed by atoms with Gasteiger partial charge in [-0.1, -0.05) is 370 Å². The van der Waals surface area contributed by atoms with E-state index in [2.05, 4.69) is 504 Å². The van der Waals surface area contributed by atoms with Gasteiger partial charge in [0, 0.05) is 78.2 Å². The number of hydrogen-bond acceptors (Lipinski definition) is 4. The molecule has 0 saturated carbocycles. The smallest absolute Gasteiger partial charge is 0.145 e. The lowest BCUT2D eigenvalue weighted by atomic mass is 9.86.